The minimum atomic E-state index is 0.0699. The van der Waals surface area contributed by atoms with Gasteiger partial charge in [-0.15, -0.1) is 0 Å². The second-order valence-electron chi connectivity index (χ2n) is 11.1. The van der Waals surface area contributed by atoms with E-state index in [-0.39, 0.29) is 6.17 Å². The van der Waals surface area contributed by atoms with Crippen molar-refractivity contribution in [1.29, 1.82) is 0 Å². The molecule has 1 aliphatic heterocycles. The van der Waals surface area contributed by atoms with Crippen LogP contribution in [0, 0.1) is 0 Å². The zero-order valence-corrected chi connectivity index (χ0v) is 23.1. The Bertz CT molecular complexity index is 2270. The third kappa shape index (κ3) is 3.22. The summed E-state index contributed by atoms with van der Waals surface area (Å²) in [5, 5.41) is 8.57. The van der Waals surface area contributed by atoms with Crippen molar-refractivity contribution in [3.8, 4) is 11.4 Å². The standard InChI is InChI=1S/C37H27N5/c1-40-35-18-7-4-15-31(35)39-36(40)24-19-20-34-30(22-24)29-14-9-21-38-37(29)42(34)26-11-8-10-25(23-26)41-32-16-5-2-12-27(32)28-13-3-6-17-33(28)41/h2-23,36,39H,1H3. The summed E-state index contributed by atoms with van der Waals surface area (Å²) in [4.78, 5) is 7.20. The summed E-state index contributed by atoms with van der Waals surface area (Å²) >= 11 is 0. The molecule has 3 aromatic heterocycles. The maximum Gasteiger partial charge on any atom is 0.145 e. The van der Waals surface area contributed by atoms with Gasteiger partial charge in [-0.25, -0.2) is 4.98 Å². The molecule has 42 heavy (non-hydrogen) atoms. The molecular formula is C37H27N5. The van der Waals surface area contributed by atoms with E-state index in [9.17, 15) is 0 Å². The number of benzene rings is 5. The Hall–Kier alpha value is -5.55. The van der Waals surface area contributed by atoms with Crippen LogP contribution in [0.25, 0.3) is 55.1 Å². The quantitative estimate of drug-likeness (QED) is 0.243. The number of fused-ring (bicyclic) bond motifs is 7. The molecule has 0 spiro atoms. The molecule has 0 amide bonds. The number of para-hydroxylation sites is 4. The monoisotopic (exact) mass is 541 g/mol. The van der Waals surface area contributed by atoms with Gasteiger partial charge >= 0.3 is 0 Å². The predicted octanol–water partition coefficient (Wildman–Crippen LogP) is 8.84. The minimum absolute atomic E-state index is 0.0699. The Morgan fingerprint density at radius 3 is 2.02 bits per heavy atom. The van der Waals surface area contributed by atoms with Crippen LogP contribution in [0.5, 0.6) is 0 Å². The summed E-state index contributed by atoms with van der Waals surface area (Å²) in [5.41, 5.74) is 10.3. The molecule has 0 saturated carbocycles. The van der Waals surface area contributed by atoms with Crippen LogP contribution in [0.15, 0.2) is 134 Å². The number of nitrogens with one attached hydrogen (secondary N) is 1. The molecular weight excluding hydrogens is 514 g/mol. The minimum Gasteiger partial charge on any atom is -0.360 e. The van der Waals surface area contributed by atoms with E-state index in [0.29, 0.717) is 0 Å². The second kappa shape index (κ2) is 8.72. The van der Waals surface area contributed by atoms with Crippen LogP contribution in [-0.4, -0.2) is 21.2 Å². The lowest BCUT2D eigenvalue weighted by Crippen LogP contribution is -2.23. The van der Waals surface area contributed by atoms with Crippen molar-refractivity contribution in [2.24, 2.45) is 0 Å². The van der Waals surface area contributed by atoms with Crippen molar-refractivity contribution in [2.45, 2.75) is 6.17 Å². The van der Waals surface area contributed by atoms with Gasteiger partial charge < -0.3 is 14.8 Å². The lowest BCUT2D eigenvalue weighted by Gasteiger charge is -2.22. The zero-order valence-electron chi connectivity index (χ0n) is 23.1. The van der Waals surface area contributed by atoms with E-state index in [0.717, 1.165) is 33.6 Å². The fourth-order valence-corrected chi connectivity index (χ4v) is 6.86. The van der Waals surface area contributed by atoms with E-state index in [1.807, 2.05) is 12.3 Å². The SMILES string of the molecule is CN1c2ccccc2NC1c1ccc2c(c1)c1cccnc1n2-c1cccc(-n2c3ccccc3c3ccccc32)c1. The van der Waals surface area contributed by atoms with E-state index >= 15 is 0 Å². The number of anilines is 2. The van der Waals surface area contributed by atoms with Gasteiger partial charge in [-0.3, -0.25) is 4.57 Å². The normalized spacial score (nSPS) is 14.7. The summed E-state index contributed by atoms with van der Waals surface area (Å²) in [7, 11) is 2.15. The molecule has 5 aromatic carbocycles. The highest BCUT2D eigenvalue weighted by Crippen LogP contribution is 2.41. The fraction of sp³-hybridized carbons (Fsp3) is 0.0541. The number of aromatic nitrogens is 3. The van der Waals surface area contributed by atoms with E-state index < -0.39 is 0 Å². The van der Waals surface area contributed by atoms with Crippen LogP contribution in [0.2, 0.25) is 0 Å². The molecule has 5 heteroatoms. The van der Waals surface area contributed by atoms with Crippen molar-refractivity contribution in [3.63, 3.8) is 0 Å². The molecule has 1 aliphatic rings. The average Bonchev–Trinajstić information content (AvgIpc) is 3.68. The Morgan fingerprint density at radius 1 is 0.571 bits per heavy atom. The van der Waals surface area contributed by atoms with Crippen LogP contribution in [0.4, 0.5) is 11.4 Å². The third-order valence-electron chi connectivity index (χ3n) is 8.76. The summed E-state index contributed by atoms with van der Waals surface area (Å²) in [5.74, 6) is 0. The number of hydrogen-bond acceptors (Lipinski definition) is 3. The van der Waals surface area contributed by atoms with Crippen molar-refractivity contribution in [1.82, 2.24) is 14.1 Å². The van der Waals surface area contributed by atoms with Crippen LogP contribution in [0.3, 0.4) is 0 Å². The molecule has 0 saturated heterocycles. The first-order valence-corrected chi connectivity index (χ1v) is 14.3. The number of hydrogen-bond donors (Lipinski definition) is 1. The Kier molecular flexibility index (Phi) is 4.81. The molecule has 0 radical (unpaired) electrons. The average molecular weight is 542 g/mol. The highest BCUT2D eigenvalue weighted by molar-refractivity contribution is 6.10. The maximum atomic E-state index is 4.89. The first kappa shape index (κ1) is 23.2. The largest absolute Gasteiger partial charge is 0.360 e. The zero-order chi connectivity index (χ0) is 27.8. The van der Waals surface area contributed by atoms with Gasteiger partial charge in [0, 0.05) is 46.2 Å². The predicted molar refractivity (Wildman–Crippen MR) is 174 cm³/mol. The van der Waals surface area contributed by atoms with Crippen molar-refractivity contribution in [3.05, 3.63) is 139 Å². The lowest BCUT2D eigenvalue weighted by molar-refractivity contribution is 0.793. The molecule has 9 rings (SSSR count). The Labute approximate surface area is 242 Å². The van der Waals surface area contributed by atoms with Gasteiger partial charge in [-0.1, -0.05) is 60.7 Å². The lowest BCUT2D eigenvalue weighted by atomic mass is 10.1. The molecule has 1 atom stereocenters. The molecule has 200 valence electrons. The summed E-state index contributed by atoms with van der Waals surface area (Å²) in [6.45, 7) is 0. The molecule has 1 unspecified atom stereocenters. The van der Waals surface area contributed by atoms with Crippen molar-refractivity contribution >= 4 is 55.1 Å². The van der Waals surface area contributed by atoms with Gasteiger partial charge in [-0.2, -0.15) is 0 Å². The molecule has 1 N–H and O–H groups in total. The molecule has 4 heterocycles. The van der Waals surface area contributed by atoms with E-state index in [1.165, 1.54) is 38.4 Å². The Balaban J connectivity index is 1.23. The van der Waals surface area contributed by atoms with E-state index in [4.69, 9.17) is 4.98 Å². The van der Waals surface area contributed by atoms with Gasteiger partial charge in [0.25, 0.3) is 0 Å². The first-order valence-electron chi connectivity index (χ1n) is 14.3. The van der Waals surface area contributed by atoms with Gasteiger partial charge in [0.1, 0.15) is 11.8 Å². The highest BCUT2D eigenvalue weighted by Gasteiger charge is 2.27. The van der Waals surface area contributed by atoms with Crippen molar-refractivity contribution < 1.29 is 0 Å². The number of rotatable bonds is 3. The van der Waals surface area contributed by atoms with Gasteiger partial charge in [0.2, 0.25) is 0 Å². The van der Waals surface area contributed by atoms with Crippen LogP contribution < -0.4 is 10.2 Å². The van der Waals surface area contributed by atoms with E-state index in [1.54, 1.807) is 0 Å². The molecule has 8 aromatic rings. The topological polar surface area (TPSA) is 38.0 Å². The molecule has 0 fully saturated rings. The summed E-state index contributed by atoms with van der Waals surface area (Å²) < 4.78 is 4.67. The summed E-state index contributed by atoms with van der Waals surface area (Å²) in [6, 6.07) is 45.6. The first-order chi connectivity index (χ1) is 20.8. The third-order valence-corrected chi connectivity index (χ3v) is 8.76. The maximum absolute atomic E-state index is 4.89. The van der Waals surface area contributed by atoms with Gasteiger partial charge in [0.05, 0.1) is 27.9 Å². The number of pyridine rings is 1. The molecule has 0 aliphatic carbocycles. The summed E-state index contributed by atoms with van der Waals surface area (Å²) in [6.07, 6.45) is 1.96. The smallest absolute Gasteiger partial charge is 0.145 e. The van der Waals surface area contributed by atoms with E-state index in [2.05, 4.69) is 148 Å². The number of nitrogens with zero attached hydrogens (tertiary/aromatic N) is 4. The van der Waals surface area contributed by atoms with Crippen LogP contribution >= 0.6 is 0 Å². The molecule has 5 nitrogen and oxygen atoms in total. The highest BCUT2D eigenvalue weighted by atomic mass is 15.3. The van der Waals surface area contributed by atoms with Gasteiger partial charge in [-0.05, 0) is 72.3 Å². The van der Waals surface area contributed by atoms with Gasteiger partial charge in [0.15, 0.2) is 0 Å². The van der Waals surface area contributed by atoms with Crippen LogP contribution in [-0.2, 0) is 0 Å². The van der Waals surface area contributed by atoms with Crippen molar-refractivity contribution in [2.75, 3.05) is 17.3 Å². The molecule has 0 bridgehead atoms. The fourth-order valence-electron chi connectivity index (χ4n) is 6.86. The van der Waals surface area contributed by atoms with Crippen LogP contribution in [0.1, 0.15) is 11.7 Å². The Morgan fingerprint density at radius 2 is 1.24 bits per heavy atom. The second-order valence-corrected chi connectivity index (χ2v) is 11.1.